The van der Waals surface area contributed by atoms with E-state index in [-0.39, 0.29) is 13.2 Å². The van der Waals surface area contributed by atoms with Gasteiger partial charge in [-0.15, -0.1) is 0 Å². The summed E-state index contributed by atoms with van der Waals surface area (Å²) in [4.78, 5) is 35.7. The number of benzene rings is 2. The van der Waals surface area contributed by atoms with E-state index in [9.17, 15) is 14.4 Å². The summed E-state index contributed by atoms with van der Waals surface area (Å²) in [7, 11) is 1.58. The molecule has 0 aliphatic heterocycles. The maximum absolute atomic E-state index is 12.0. The first-order valence-corrected chi connectivity index (χ1v) is 9.08. The van der Waals surface area contributed by atoms with Crippen LogP contribution in [0.15, 0.2) is 60.7 Å². The topological polar surface area (TPSA) is 93.7 Å². The number of methoxy groups -OCH3 is 1. The lowest BCUT2D eigenvalue weighted by molar-refractivity contribution is -0.145. The molecular weight excluding hydrogens is 372 g/mol. The molecule has 2 aromatic carbocycles. The number of carbonyl (C=O) groups is 3. The molecule has 152 valence electrons. The number of rotatable bonds is 9. The van der Waals surface area contributed by atoms with Crippen LogP contribution in [0.4, 0.5) is 0 Å². The fraction of sp³-hybridized carbons (Fsp3) is 0.227. The van der Waals surface area contributed by atoms with Crippen LogP contribution in [0.1, 0.15) is 18.1 Å². The van der Waals surface area contributed by atoms with Gasteiger partial charge in [0.1, 0.15) is 24.9 Å². The first-order valence-electron chi connectivity index (χ1n) is 9.08. The molecule has 0 radical (unpaired) electrons. The first-order chi connectivity index (χ1) is 14.0. The summed E-state index contributed by atoms with van der Waals surface area (Å²) in [6.45, 7) is 1.40. The zero-order valence-corrected chi connectivity index (χ0v) is 16.4. The summed E-state index contributed by atoms with van der Waals surface area (Å²) in [5.41, 5.74) is 1.68. The maximum atomic E-state index is 12.0. The summed E-state index contributed by atoms with van der Waals surface area (Å²) in [6, 6.07) is 15.6. The molecule has 29 heavy (non-hydrogen) atoms. The lowest BCUT2D eigenvalue weighted by Gasteiger charge is -2.12. The molecule has 2 N–H and O–H groups in total. The van der Waals surface area contributed by atoms with Crippen molar-refractivity contribution in [2.24, 2.45) is 0 Å². The second-order valence-electron chi connectivity index (χ2n) is 6.20. The van der Waals surface area contributed by atoms with Crippen LogP contribution in [-0.2, 0) is 25.7 Å². The monoisotopic (exact) mass is 396 g/mol. The molecule has 0 saturated heterocycles. The Morgan fingerprint density at radius 3 is 2.38 bits per heavy atom. The third-order valence-electron chi connectivity index (χ3n) is 3.94. The minimum atomic E-state index is -0.801. The predicted molar refractivity (Wildman–Crippen MR) is 109 cm³/mol. The Bertz CT molecular complexity index is 847. The van der Waals surface area contributed by atoms with Crippen molar-refractivity contribution in [2.75, 3.05) is 13.7 Å². The summed E-state index contributed by atoms with van der Waals surface area (Å²) >= 11 is 0. The number of carbonyl (C=O) groups excluding carboxylic acids is 3. The zero-order valence-electron chi connectivity index (χ0n) is 16.4. The van der Waals surface area contributed by atoms with E-state index in [1.54, 1.807) is 37.5 Å². The highest BCUT2D eigenvalue weighted by Gasteiger charge is 2.15. The van der Waals surface area contributed by atoms with Crippen molar-refractivity contribution in [1.29, 1.82) is 0 Å². The van der Waals surface area contributed by atoms with Crippen LogP contribution < -0.4 is 15.4 Å². The van der Waals surface area contributed by atoms with Crippen molar-refractivity contribution in [3.63, 3.8) is 0 Å². The Morgan fingerprint density at radius 2 is 1.72 bits per heavy atom. The van der Waals surface area contributed by atoms with Crippen LogP contribution in [0.2, 0.25) is 0 Å². The fourth-order valence-corrected chi connectivity index (χ4v) is 2.32. The first kappa shape index (κ1) is 21.7. The average molecular weight is 396 g/mol. The van der Waals surface area contributed by atoms with Crippen LogP contribution in [0.25, 0.3) is 6.08 Å². The standard InChI is InChI=1S/C22H24N2O5/c1-16(24-20(25)13-10-17-8-11-19(28-2)12-9-17)22(27)23-14-21(26)29-15-18-6-4-3-5-7-18/h3-13,16H,14-15H2,1-2H3,(H,23,27)(H,24,25)/b13-10+/t16-/m0/s1. The Hall–Kier alpha value is -3.61. The van der Waals surface area contributed by atoms with Crippen molar-refractivity contribution in [2.45, 2.75) is 19.6 Å². The summed E-state index contributed by atoms with van der Waals surface area (Å²) < 4.78 is 10.2. The van der Waals surface area contributed by atoms with Gasteiger partial charge in [0, 0.05) is 6.08 Å². The predicted octanol–water partition coefficient (Wildman–Crippen LogP) is 2.07. The molecule has 0 heterocycles. The largest absolute Gasteiger partial charge is 0.497 e. The lowest BCUT2D eigenvalue weighted by atomic mass is 10.2. The molecule has 0 aromatic heterocycles. The highest BCUT2D eigenvalue weighted by molar-refractivity contribution is 5.95. The minimum absolute atomic E-state index is 0.137. The molecule has 2 aromatic rings. The van der Waals surface area contributed by atoms with Crippen LogP contribution >= 0.6 is 0 Å². The number of hydrogen-bond acceptors (Lipinski definition) is 5. The number of amides is 2. The van der Waals surface area contributed by atoms with E-state index in [2.05, 4.69) is 10.6 Å². The Labute approximate surface area is 169 Å². The Balaban J connectivity index is 1.70. The number of nitrogens with one attached hydrogen (secondary N) is 2. The van der Waals surface area contributed by atoms with Gasteiger partial charge in [-0.25, -0.2) is 0 Å². The molecule has 0 bridgehead atoms. The van der Waals surface area contributed by atoms with Gasteiger partial charge in [0.05, 0.1) is 7.11 Å². The lowest BCUT2D eigenvalue weighted by Crippen LogP contribution is -2.45. The molecule has 2 rings (SSSR count). The van der Waals surface area contributed by atoms with Gasteiger partial charge in [-0.3, -0.25) is 14.4 Å². The van der Waals surface area contributed by atoms with Crippen molar-refractivity contribution >= 4 is 23.9 Å². The number of hydrogen-bond donors (Lipinski definition) is 2. The average Bonchev–Trinajstić information content (AvgIpc) is 2.75. The quantitative estimate of drug-likeness (QED) is 0.500. The number of ether oxygens (including phenoxy) is 2. The molecule has 1 atom stereocenters. The normalized spacial score (nSPS) is 11.5. The van der Waals surface area contributed by atoms with E-state index >= 15 is 0 Å². The fourth-order valence-electron chi connectivity index (χ4n) is 2.32. The van der Waals surface area contributed by atoms with Gasteiger partial charge in [-0.2, -0.15) is 0 Å². The van der Waals surface area contributed by atoms with Crippen LogP contribution in [0.5, 0.6) is 5.75 Å². The molecule has 0 spiro atoms. The highest BCUT2D eigenvalue weighted by Crippen LogP contribution is 2.12. The van der Waals surface area contributed by atoms with E-state index in [0.29, 0.717) is 0 Å². The van der Waals surface area contributed by atoms with Crippen LogP contribution in [0.3, 0.4) is 0 Å². The maximum Gasteiger partial charge on any atom is 0.325 e. The third kappa shape index (κ3) is 7.88. The molecule has 2 amide bonds. The molecule has 0 aliphatic rings. The molecule has 7 nitrogen and oxygen atoms in total. The smallest absolute Gasteiger partial charge is 0.325 e. The van der Waals surface area contributed by atoms with Gasteiger partial charge in [-0.1, -0.05) is 42.5 Å². The minimum Gasteiger partial charge on any atom is -0.497 e. The highest BCUT2D eigenvalue weighted by atomic mass is 16.5. The molecular formula is C22H24N2O5. The van der Waals surface area contributed by atoms with Gasteiger partial charge < -0.3 is 20.1 Å². The van der Waals surface area contributed by atoms with Gasteiger partial charge in [0.2, 0.25) is 11.8 Å². The van der Waals surface area contributed by atoms with E-state index in [1.807, 2.05) is 30.3 Å². The van der Waals surface area contributed by atoms with Crippen molar-refractivity contribution in [3.05, 3.63) is 71.8 Å². The zero-order chi connectivity index (χ0) is 21.1. The molecule has 0 fully saturated rings. The van der Waals surface area contributed by atoms with Crippen LogP contribution in [0, 0.1) is 0 Å². The van der Waals surface area contributed by atoms with Crippen LogP contribution in [-0.4, -0.2) is 37.5 Å². The van der Waals surface area contributed by atoms with Gasteiger partial charge in [0.15, 0.2) is 0 Å². The summed E-state index contributed by atoms with van der Waals surface area (Å²) in [6.07, 6.45) is 2.96. The van der Waals surface area contributed by atoms with Gasteiger partial charge in [0.25, 0.3) is 0 Å². The van der Waals surface area contributed by atoms with Crippen molar-refractivity contribution in [3.8, 4) is 5.75 Å². The van der Waals surface area contributed by atoms with Crippen molar-refractivity contribution < 1.29 is 23.9 Å². The third-order valence-corrected chi connectivity index (χ3v) is 3.94. The summed E-state index contributed by atoms with van der Waals surface area (Å²) in [5.74, 6) is -0.734. The second-order valence-corrected chi connectivity index (χ2v) is 6.20. The molecule has 7 heteroatoms. The molecule has 0 unspecified atom stereocenters. The Kier molecular flexibility index (Phi) is 8.44. The van der Waals surface area contributed by atoms with Gasteiger partial charge >= 0.3 is 5.97 Å². The molecule has 0 aliphatic carbocycles. The van der Waals surface area contributed by atoms with E-state index in [0.717, 1.165) is 16.9 Å². The SMILES string of the molecule is COc1ccc(/C=C/C(=O)N[C@@H](C)C(=O)NCC(=O)OCc2ccccc2)cc1. The van der Waals surface area contributed by atoms with E-state index in [4.69, 9.17) is 9.47 Å². The molecule has 0 saturated carbocycles. The summed E-state index contributed by atoms with van der Waals surface area (Å²) in [5, 5.41) is 4.98. The Morgan fingerprint density at radius 1 is 1.03 bits per heavy atom. The van der Waals surface area contributed by atoms with Crippen molar-refractivity contribution in [1.82, 2.24) is 10.6 Å². The number of esters is 1. The van der Waals surface area contributed by atoms with E-state index in [1.165, 1.54) is 13.0 Å². The second kappa shape index (κ2) is 11.3. The van der Waals surface area contributed by atoms with E-state index < -0.39 is 23.8 Å². The van der Waals surface area contributed by atoms with Gasteiger partial charge in [-0.05, 0) is 36.3 Å².